The molecule has 5 rings (SSSR count). The number of carbonyl (C=O) groups is 1. The zero-order valence-corrected chi connectivity index (χ0v) is 16.1. The fraction of sp³-hybridized carbons (Fsp3) is 0.364. The maximum atomic E-state index is 13.1. The minimum atomic E-state index is -0.203. The molecule has 0 spiro atoms. The molecular formula is C22H23FN4O2. The van der Waals surface area contributed by atoms with Crippen LogP contribution < -0.4 is 4.90 Å². The summed E-state index contributed by atoms with van der Waals surface area (Å²) < 4.78 is 18.4. The van der Waals surface area contributed by atoms with Gasteiger partial charge >= 0.3 is 0 Å². The van der Waals surface area contributed by atoms with Gasteiger partial charge in [0, 0.05) is 56.4 Å². The molecule has 1 aromatic heterocycles. The van der Waals surface area contributed by atoms with Crippen molar-refractivity contribution in [1.82, 2.24) is 15.0 Å². The smallest absolute Gasteiger partial charge is 0.228 e. The maximum Gasteiger partial charge on any atom is 0.228 e. The van der Waals surface area contributed by atoms with E-state index in [0.29, 0.717) is 11.7 Å². The van der Waals surface area contributed by atoms with Gasteiger partial charge < -0.3 is 14.3 Å². The van der Waals surface area contributed by atoms with E-state index < -0.39 is 0 Å². The lowest BCUT2D eigenvalue weighted by molar-refractivity contribution is -0.138. The van der Waals surface area contributed by atoms with E-state index >= 15 is 0 Å². The molecular weight excluding hydrogens is 371 g/mol. The number of likely N-dealkylation sites (tertiary alicyclic amines) is 1. The van der Waals surface area contributed by atoms with Gasteiger partial charge in [-0.25, -0.2) is 4.39 Å². The molecule has 6 nitrogen and oxygen atoms in total. The average molecular weight is 394 g/mol. The van der Waals surface area contributed by atoms with Crippen LogP contribution in [0.1, 0.15) is 5.69 Å². The Morgan fingerprint density at radius 3 is 2.52 bits per heavy atom. The first-order valence-electron chi connectivity index (χ1n) is 10.0. The topological polar surface area (TPSA) is 52.8 Å². The Labute approximate surface area is 168 Å². The summed E-state index contributed by atoms with van der Waals surface area (Å²) >= 11 is 0. The Morgan fingerprint density at radius 2 is 1.76 bits per heavy atom. The van der Waals surface area contributed by atoms with Crippen LogP contribution in [0.15, 0.2) is 53.1 Å². The second-order valence-electron chi connectivity index (χ2n) is 7.75. The van der Waals surface area contributed by atoms with Gasteiger partial charge in [0.2, 0.25) is 5.91 Å². The Morgan fingerprint density at radius 1 is 1.03 bits per heavy atom. The number of carbonyl (C=O) groups excluding carboxylic acids is 1. The largest absolute Gasteiger partial charge is 0.369 e. The second-order valence-corrected chi connectivity index (χ2v) is 7.75. The molecule has 2 aliphatic rings. The number of piperazine rings is 1. The molecule has 0 unspecified atom stereocenters. The van der Waals surface area contributed by atoms with Crippen LogP contribution >= 0.6 is 0 Å². The molecule has 0 bridgehead atoms. The summed E-state index contributed by atoms with van der Waals surface area (Å²) in [4.78, 5) is 19.3. The highest BCUT2D eigenvalue weighted by atomic mass is 19.1. The lowest BCUT2D eigenvalue weighted by Gasteiger charge is -2.48. The fourth-order valence-electron chi connectivity index (χ4n) is 4.21. The highest BCUT2D eigenvalue weighted by molar-refractivity contribution is 5.86. The van der Waals surface area contributed by atoms with Gasteiger partial charge in [0.1, 0.15) is 11.5 Å². The maximum absolute atomic E-state index is 13.1. The first-order valence-corrected chi connectivity index (χ1v) is 10.0. The minimum Gasteiger partial charge on any atom is -0.369 e. The van der Waals surface area contributed by atoms with Crippen LogP contribution in [0.25, 0.3) is 11.0 Å². The number of anilines is 1. The van der Waals surface area contributed by atoms with Crippen molar-refractivity contribution in [2.75, 3.05) is 44.2 Å². The third-order valence-electron chi connectivity index (χ3n) is 6.01. The zero-order chi connectivity index (χ0) is 19.8. The van der Waals surface area contributed by atoms with Gasteiger partial charge in [-0.15, -0.1) is 0 Å². The Balaban J connectivity index is 1.12. The summed E-state index contributed by atoms with van der Waals surface area (Å²) in [6.07, 6.45) is 0.280. The molecule has 0 N–H and O–H groups in total. The number of para-hydroxylation sites is 1. The highest BCUT2D eigenvalue weighted by Crippen LogP contribution is 2.23. The van der Waals surface area contributed by atoms with Gasteiger partial charge in [0.05, 0.1) is 6.42 Å². The van der Waals surface area contributed by atoms with Crippen molar-refractivity contribution in [2.24, 2.45) is 0 Å². The summed E-state index contributed by atoms with van der Waals surface area (Å²) in [6.45, 7) is 5.29. The molecule has 0 radical (unpaired) electrons. The first-order chi connectivity index (χ1) is 14.2. The molecule has 3 aromatic rings. The number of halogens is 1. The fourth-order valence-corrected chi connectivity index (χ4v) is 4.21. The molecule has 2 fully saturated rings. The van der Waals surface area contributed by atoms with Crippen LogP contribution in [0.5, 0.6) is 0 Å². The van der Waals surface area contributed by atoms with Crippen LogP contribution in [0.2, 0.25) is 0 Å². The van der Waals surface area contributed by atoms with Crippen molar-refractivity contribution < 1.29 is 13.7 Å². The van der Waals surface area contributed by atoms with E-state index in [2.05, 4.69) is 15.0 Å². The van der Waals surface area contributed by atoms with Crippen LogP contribution in [-0.2, 0) is 11.2 Å². The Kier molecular flexibility index (Phi) is 4.67. The van der Waals surface area contributed by atoms with Crippen molar-refractivity contribution in [2.45, 2.75) is 12.5 Å². The zero-order valence-electron chi connectivity index (χ0n) is 16.1. The summed E-state index contributed by atoms with van der Waals surface area (Å²) in [5, 5.41) is 4.98. The third kappa shape index (κ3) is 3.58. The van der Waals surface area contributed by atoms with Crippen molar-refractivity contribution in [3.05, 3.63) is 60.0 Å². The molecule has 1 amide bonds. The first kappa shape index (κ1) is 18.1. The van der Waals surface area contributed by atoms with E-state index in [-0.39, 0.29) is 18.1 Å². The molecule has 0 saturated carbocycles. The van der Waals surface area contributed by atoms with Crippen molar-refractivity contribution in [1.29, 1.82) is 0 Å². The number of fused-ring (bicyclic) bond motifs is 1. The molecule has 29 heavy (non-hydrogen) atoms. The van der Waals surface area contributed by atoms with Gasteiger partial charge in [-0.1, -0.05) is 17.3 Å². The summed E-state index contributed by atoms with van der Waals surface area (Å²) in [5.41, 5.74) is 2.49. The van der Waals surface area contributed by atoms with E-state index in [9.17, 15) is 9.18 Å². The predicted molar refractivity (Wildman–Crippen MR) is 108 cm³/mol. The van der Waals surface area contributed by atoms with E-state index in [1.165, 1.54) is 12.1 Å². The Bertz CT molecular complexity index is 1010. The van der Waals surface area contributed by atoms with Crippen LogP contribution in [0, 0.1) is 5.82 Å². The molecule has 0 atom stereocenters. The second kappa shape index (κ2) is 7.48. The molecule has 150 valence electrons. The van der Waals surface area contributed by atoms with Gasteiger partial charge in [-0.2, -0.15) is 0 Å². The van der Waals surface area contributed by atoms with Crippen LogP contribution in [-0.4, -0.2) is 66.2 Å². The summed E-state index contributed by atoms with van der Waals surface area (Å²) in [6, 6.07) is 14.7. The number of aromatic nitrogens is 1. The number of nitrogens with zero attached hydrogens (tertiary/aromatic N) is 4. The number of hydrogen-bond acceptors (Lipinski definition) is 5. The van der Waals surface area contributed by atoms with E-state index in [1.54, 1.807) is 0 Å². The van der Waals surface area contributed by atoms with Gasteiger partial charge in [0.25, 0.3) is 0 Å². The SMILES string of the molecule is O=C(Cc1noc2ccccc12)N1CC(N2CCN(c3ccc(F)cc3)CC2)C1. The predicted octanol–water partition coefficient (Wildman–Crippen LogP) is 2.54. The molecule has 2 saturated heterocycles. The molecule has 0 aliphatic carbocycles. The molecule has 2 aliphatic heterocycles. The van der Waals surface area contributed by atoms with Crippen molar-refractivity contribution in [3.63, 3.8) is 0 Å². The summed E-state index contributed by atoms with van der Waals surface area (Å²) in [5.74, 6) is -0.101. The number of hydrogen-bond donors (Lipinski definition) is 0. The standard InChI is InChI=1S/C22H23FN4O2/c23-16-5-7-17(8-6-16)25-9-11-26(12-10-25)18-14-27(15-18)22(28)13-20-19-3-1-2-4-21(19)29-24-20/h1-8,18H,9-15H2. The number of benzene rings is 2. The molecule has 2 aromatic carbocycles. The van der Waals surface area contributed by atoms with Gasteiger partial charge in [-0.3, -0.25) is 9.69 Å². The minimum absolute atomic E-state index is 0.102. The lowest BCUT2D eigenvalue weighted by atomic mass is 10.0. The number of amides is 1. The molecule has 3 heterocycles. The monoisotopic (exact) mass is 394 g/mol. The number of rotatable bonds is 4. The van der Waals surface area contributed by atoms with Gasteiger partial charge in [-0.05, 0) is 36.4 Å². The third-order valence-corrected chi connectivity index (χ3v) is 6.01. The van der Waals surface area contributed by atoms with Crippen molar-refractivity contribution in [3.8, 4) is 0 Å². The normalized spacial score (nSPS) is 18.2. The van der Waals surface area contributed by atoms with Gasteiger partial charge in [0.15, 0.2) is 5.58 Å². The quantitative estimate of drug-likeness (QED) is 0.681. The van der Waals surface area contributed by atoms with Crippen molar-refractivity contribution >= 4 is 22.6 Å². The van der Waals surface area contributed by atoms with E-state index in [0.717, 1.165) is 55.9 Å². The highest BCUT2D eigenvalue weighted by Gasteiger charge is 2.36. The lowest BCUT2D eigenvalue weighted by Crippen LogP contribution is -2.64. The average Bonchev–Trinajstić information content (AvgIpc) is 3.11. The molecule has 7 heteroatoms. The van der Waals surface area contributed by atoms with E-state index in [1.807, 2.05) is 41.3 Å². The van der Waals surface area contributed by atoms with Crippen LogP contribution in [0.3, 0.4) is 0 Å². The van der Waals surface area contributed by atoms with E-state index in [4.69, 9.17) is 4.52 Å². The Hall–Kier alpha value is -2.93. The van der Waals surface area contributed by atoms with Crippen LogP contribution in [0.4, 0.5) is 10.1 Å². The summed E-state index contributed by atoms with van der Waals surface area (Å²) in [7, 11) is 0.